The molecule has 0 spiro atoms. The molecule has 3 amide bonds. The van der Waals surface area contributed by atoms with Crippen LogP contribution in [0, 0.1) is 5.92 Å². The minimum absolute atomic E-state index is 0.0278. The number of nitrogens with zero attached hydrogens (tertiary/aromatic N) is 4. The van der Waals surface area contributed by atoms with Gasteiger partial charge in [0.1, 0.15) is 5.75 Å². The molecule has 2 saturated heterocycles. The van der Waals surface area contributed by atoms with Gasteiger partial charge in [-0.3, -0.25) is 14.4 Å². The van der Waals surface area contributed by atoms with Gasteiger partial charge in [-0.25, -0.2) is 0 Å². The Kier molecular flexibility index (Phi) is 7.22. The van der Waals surface area contributed by atoms with Gasteiger partial charge < -0.3 is 24.6 Å². The maximum Gasteiger partial charge on any atom is 0.233 e. The van der Waals surface area contributed by atoms with Crippen LogP contribution in [0.2, 0.25) is 0 Å². The van der Waals surface area contributed by atoms with E-state index in [4.69, 9.17) is 9.47 Å². The van der Waals surface area contributed by atoms with Crippen LogP contribution in [0.25, 0.3) is 0 Å². The van der Waals surface area contributed by atoms with Crippen LogP contribution in [0.1, 0.15) is 6.42 Å². The molecule has 2 aliphatic rings. The van der Waals surface area contributed by atoms with Gasteiger partial charge in [0.25, 0.3) is 0 Å². The van der Waals surface area contributed by atoms with Crippen molar-refractivity contribution in [3.63, 3.8) is 0 Å². The van der Waals surface area contributed by atoms with Gasteiger partial charge in [0.15, 0.2) is 4.34 Å². The van der Waals surface area contributed by atoms with Gasteiger partial charge in [-0.1, -0.05) is 35.2 Å². The Hall–Kier alpha value is -2.70. The number of methoxy groups -OCH3 is 1. The van der Waals surface area contributed by atoms with E-state index in [0.29, 0.717) is 47.2 Å². The van der Waals surface area contributed by atoms with Crippen molar-refractivity contribution in [2.24, 2.45) is 5.92 Å². The fraction of sp³-hybridized carbons (Fsp3) is 0.450. The number of ether oxygens (including phenoxy) is 2. The third-order valence-electron chi connectivity index (χ3n) is 5.19. The number of anilines is 2. The Morgan fingerprint density at radius 2 is 2.06 bits per heavy atom. The lowest BCUT2D eigenvalue weighted by molar-refractivity contribution is -0.132. The van der Waals surface area contributed by atoms with Gasteiger partial charge in [0.2, 0.25) is 22.9 Å². The number of carbonyl (C=O) groups excluding carboxylic acids is 3. The molecule has 3 heterocycles. The molecule has 0 saturated carbocycles. The number of carbonyl (C=O) groups is 3. The molecule has 1 aromatic heterocycles. The molecule has 2 fully saturated rings. The lowest BCUT2D eigenvalue weighted by Gasteiger charge is -2.26. The van der Waals surface area contributed by atoms with E-state index < -0.39 is 5.92 Å². The van der Waals surface area contributed by atoms with Gasteiger partial charge in [0.05, 0.1) is 37.7 Å². The van der Waals surface area contributed by atoms with Crippen LogP contribution >= 0.6 is 23.1 Å². The SMILES string of the molecule is COc1ccccc1N1C[C@@H](C(=O)Nc2nnc(SCC(=O)N3CCOCC3)s2)CC1=O. The molecule has 1 N–H and O–H groups in total. The molecule has 4 rings (SSSR count). The Morgan fingerprint density at radius 1 is 1.28 bits per heavy atom. The van der Waals surface area contributed by atoms with E-state index in [-0.39, 0.29) is 36.4 Å². The predicted molar refractivity (Wildman–Crippen MR) is 120 cm³/mol. The van der Waals surface area contributed by atoms with Gasteiger partial charge in [-0.15, -0.1) is 10.2 Å². The van der Waals surface area contributed by atoms with Crippen LogP contribution in [0.15, 0.2) is 28.6 Å². The molecule has 10 nitrogen and oxygen atoms in total. The average molecular weight is 478 g/mol. The van der Waals surface area contributed by atoms with E-state index in [2.05, 4.69) is 15.5 Å². The van der Waals surface area contributed by atoms with Crippen molar-refractivity contribution in [1.82, 2.24) is 15.1 Å². The van der Waals surface area contributed by atoms with E-state index in [0.717, 1.165) is 0 Å². The molecule has 2 aliphatic heterocycles. The van der Waals surface area contributed by atoms with Crippen molar-refractivity contribution >= 4 is 51.6 Å². The molecule has 0 unspecified atom stereocenters. The van der Waals surface area contributed by atoms with Gasteiger partial charge in [-0.05, 0) is 12.1 Å². The number of hydrogen-bond donors (Lipinski definition) is 1. The zero-order valence-corrected chi connectivity index (χ0v) is 19.1. The van der Waals surface area contributed by atoms with Crippen molar-refractivity contribution in [3.8, 4) is 5.75 Å². The lowest BCUT2D eigenvalue weighted by atomic mass is 10.1. The molecular weight excluding hydrogens is 454 g/mol. The summed E-state index contributed by atoms with van der Waals surface area (Å²) in [4.78, 5) is 40.8. The quantitative estimate of drug-likeness (QED) is 0.471. The van der Waals surface area contributed by atoms with Crippen LogP contribution in [0.5, 0.6) is 5.75 Å². The molecule has 12 heteroatoms. The molecule has 2 aromatic rings. The minimum atomic E-state index is -0.504. The van der Waals surface area contributed by atoms with Crippen LogP contribution in [-0.2, 0) is 19.1 Å². The second-order valence-electron chi connectivity index (χ2n) is 7.22. The number of rotatable bonds is 7. The number of benzene rings is 1. The standard InChI is InChI=1S/C20H23N5O5S2/c1-29-15-5-3-2-4-14(15)25-11-13(10-16(25)26)18(28)21-19-22-23-20(32-19)31-12-17(27)24-6-8-30-9-7-24/h2-5,13H,6-12H2,1H3,(H,21,22,28)/t13-/m0/s1. The summed E-state index contributed by atoms with van der Waals surface area (Å²) in [6.07, 6.45) is 0.109. The topological polar surface area (TPSA) is 114 Å². The Bertz CT molecular complexity index is 994. The summed E-state index contributed by atoms with van der Waals surface area (Å²) < 4.78 is 11.2. The summed E-state index contributed by atoms with van der Waals surface area (Å²) in [5.74, 6) is -0.0552. The fourth-order valence-corrected chi connectivity index (χ4v) is 5.18. The number of nitrogens with one attached hydrogen (secondary N) is 1. The summed E-state index contributed by atoms with van der Waals surface area (Å²) in [6, 6.07) is 7.22. The second-order valence-corrected chi connectivity index (χ2v) is 9.42. The number of aromatic nitrogens is 2. The molecule has 0 radical (unpaired) electrons. The minimum Gasteiger partial charge on any atom is -0.495 e. The summed E-state index contributed by atoms with van der Waals surface area (Å²) in [5, 5.41) is 11.1. The molecule has 1 aromatic carbocycles. The van der Waals surface area contributed by atoms with Crippen LogP contribution in [-0.4, -0.2) is 78.5 Å². The zero-order chi connectivity index (χ0) is 22.5. The van der Waals surface area contributed by atoms with E-state index in [9.17, 15) is 14.4 Å². The molecule has 0 aliphatic carbocycles. The fourth-order valence-electron chi connectivity index (χ4n) is 3.52. The first-order valence-corrected chi connectivity index (χ1v) is 11.9. The first-order valence-electron chi connectivity index (χ1n) is 10.1. The lowest BCUT2D eigenvalue weighted by Crippen LogP contribution is -2.41. The Balaban J connectivity index is 1.30. The number of para-hydroxylation sites is 2. The highest BCUT2D eigenvalue weighted by atomic mass is 32.2. The summed E-state index contributed by atoms with van der Waals surface area (Å²) >= 11 is 2.50. The van der Waals surface area contributed by atoms with Crippen LogP contribution < -0.4 is 15.0 Å². The van der Waals surface area contributed by atoms with Gasteiger partial charge in [0, 0.05) is 26.1 Å². The van der Waals surface area contributed by atoms with Crippen molar-refractivity contribution < 1.29 is 23.9 Å². The highest BCUT2D eigenvalue weighted by Crippen LogP contribution is 2.33. The Labute approximate surface area is 193 Å². The first-order chi connectivity index (χ1) is 15.5. The first kappa shape index (κ1) is 22.5. The summed E-state index contributed by atoms with van der Waals surface area (Å²) in [5.41, 5.74) is 0.648. The summed E-state index contributed by atoms with van der Waals surface area (Å²) in [7, 11) is 1.54. The number of thioether (sulfide) groups is 1. The van der Waals surface area contributed by atoms with E-state index in [1.54, 1.807) is 29.0 Å². The number of hydrogen-bond acceptors (Lipinski definition) is 9. The normalized spacial score (nSPS) is 18.7. The molecule has 0 bridgehead atoms. The molecule has 32 heavy (non-hydrogen) atoms. The largest absolute Gasteiger partial charge is 0.495 e. The summed E-state index contributed by atoms with van der Waals surface area (Å²) in [6.45, 7) is 2.58. The van der Waals surface area contributed by atoms with Crippen molar-refractivity contribution in [2.45, 2.75) is 10.8 Å². The number of amides is 3. The average Bonchev–Trinajstić information content (AvgIpc) is 3.44. The maximum absolute atomic E-state index is 12.7. The van der Waals surface area contributed by atoms with Crippen molar-refractivity contribution in [2.75, 3.05) is 55.9 Å². The van der Waals surface area contributed by atoms with Crippen molar-refractivity contribution in [1.29, 1.82) is 0 Å². The Morgan fingerprint density at radius 3 is 2.84 bits per heavy atom. The van der Waals surface area contributed by atoms with Crippen molar-refractivity contribution in [3.05, 3.63) is 24.3 Å². The highest BCUT2D eigenvalue weighted by Gasteiger charge is 2.36. The van der Waals surface area contributed by atoms with E-state index in [1.165, 1.54) is 23.1 Å². The predicted octanol–water partition coefficient (Wildman–Crippen LogP) is 1.49. The smallest absolute Gasteiger partial charge is 0.233 e. The molecule has 1 atom stereocenters. The van der Waals surface area contributed by atoms with Crippen LogP contribution in [0.4, 0.5) is 10.8 Å². The number of morpholine rings is 1. The molecular formula is C20H23N5O5S2. The van der Waals surface area contributed by atoms with E-state index in [1.807, 2.05) is 12.1 Å². The monoisotopic (exact) mass is 477 g/mol. The van der Waals surface area contributed by atoms with Gasteiger partial charge in [-0.2, -0.15) is 0 Å². The zero-order valence-electron chi connectivity index (χ0n) is 17.5. The van der Waals surface area contributed by atoms with Crippen LogP contribution in [0.3, 0.4) is 0 Å². The maximum atomic E-state index is 12.7. The highest BCUT2D eigenvalue weighted by molar-refractivity contribution is 8.01. The van der Waals surface area contributed by atoms with E-state index >= 15 is 0 Å². The molecule has 170 valence electrons. The van der Waals surface area contributed by atoms with Gasteiger partial charge >= 0.3 is 0 Å². The third-order valence-corrected chi connectivity index (χ3v) is 7.15. The second kappa shape index (κ2) is 10.3. The third kappa shape index (κ3) is 5.19.